The number of guanidine groups is 1. The van der Waals surface area contributed by atoms with Crippen molar-refractivity contribution in [1.82, 2.24) is 30.7 Å². The quantitative estimate of drug-likeness (QED) is 0.215. The van der Waals surface area contributed by atoms with Crippen LogP contribution in [0.2, 0.25) is 0 Å². The fraction of sp³-hybridized carbons (Fsp3) is 0.375. The maximum absolute atomic E-state index is 5.40. The van der Waals surface area contributed by atoms with Crippen molar-refractivity contribution >= 4 is 29.9 Å². The number of benzene rings is 2. The molecule has 1 aliphatic rings. The van der Waals surface area contributed by atoms with Gasteiger partial charge in [0.05, 0.1) is 14.2 Å². The van der Waals surface area contributed by atoms with E-state index in [1.54, 1.807) is 21.3 Å². The van der Waals surface area contributed by atoms with Gasteiger partial charge >= 0.3 is 0 Å². The number of aromatic nitrogens is 3. The van der Waals surface area contributed by atoms with Crippen LogP contribution >= 0.6 is 24.0 Å². The van der Waals surface area contributed by atoms with E-state index < -0.39 is 0 Å². The predicted molar refractivity (Wildman–Crippen MR) is 144 cm³/mol. The van der Waals surface area contributed by atoms with Gasteiger partial charge in [0.1, 0.15) is 17.8 Å². The third-order valence-corrected chi connectivity index (χ3v) is 5.73. The molecule has 1 atom stereocenters. The van der Waals surface area contributed by atoms with Crippen LogP contribution in [-0.2, 0) is 13.1 Å². The molecule has 1 aliphatic heterocycles. The Morgan fingerprint density at radius 3 is 2.62 bits per heavy atom. The van der Waals surface area contributed by atoms with Crippen molar-refractivity contribution in [2.24, 2.45) is 4.99 Å². The second-order valence-corrected chi connectivity index (χ2v) is 8.05. The number of nitrogens with one attached hydrogen (secondary N) is 3. The summed E-state index contributed by atoms with van der Waals surface area (Å²) in [5.74, 6) is 3.19. The van der Waals surface area contributed by atoms with Gasteiger partial charge in [-0.2, -0.15) is 5.10 Å². The van der Waals surface area contributed by atoms with Gasteiger partial charge in [-0.25, -0.2) is 4.98 Å². The lowest BCUT2D eigenvalue weighted by molar-refractivity contribution is 0.321. The van der Waals surface area contributed by atoms with Crippen LogP contribution in [0.15, 0.2) is 53.8 Å². The van der Waals surface area contributed by atoms with E-state index in [-0.39, 0.29) is 24.0 Å². The minimum absolute atomic E-state index is 0. The van der Waals surface area contributed by atoms with E-state index >= 15 is 0 Å². The van der Waals surface area contributed by atoms with Gasteiger partial charge in [0.2, 0.25) is 0 Å². The molecule has 2 heterocycles. The topological polar surface area (TPSA) is 99.7 Å². The van der Waals surface area contributed by atoms with Crippen LogP contribution in [0, 0.1) is 0 Å². The number of rotatable bonds is 8. The summed E-state index contributed by atoms with van der Waals surface area (Å²) in [5, 5.41) is 13.8. The van der Waals surface area contributed by atoms with E-state index in [0.717, 1.165) is 60.5 Å². The van der Waals surface area contributed by atoms with E-state index in [9.17, 15) is 0 Å². The van der Waals surface area contributed by atoms with Crippen molar-refractivity contribution in [3.8, 4) is 22.9 Å². The number of hydrogen-bond donors (Lipinski definition) is 3. The number of ether oxygens (including phenoxy) is 2. The molecule has 34 heavy (non-hydrogen) atoms. The summed E-state index contributed by atoms with van der Waals surface area (Å²) in [6, 6.07) is 14.6. The first kappa shape index (κ1) is 25.8. The monoisotopic (exact) mass is 577 g/mol. The van der Waals surface area contributed by atoms with E-state index in [2.05, 4.69) is 60.0 Å². The summed E-state index contributed by atoms with van der Waals surface area (Å²) in [6.07, 6.45) is 2.57. The first-order chi connectivity index (χ1) is 16.2. The molecule has 1 fully saturated rings. The maximum Gasteiger partial charge on any atom is 0.191 e. The van der Waals surface area contributed by atoms with E-state index in [1.165, 1.54) is 11.9 Å². The number of aliphatic imine (C=N–C) groups is 1. The molecule has 182 valence electrons. The van der Waals surface area contributed by atoms with Gasteiger partial charge in [0, 0.05) is 50.9 Å². The zero-order valence-corrected chi connectivity index (χ0v) is 22.1. The summed E-state index contributed by atoms with van der Waals surface area (Å²) in [6.45, 7) is 3.49. The predicted octanol–water partition coefficient (Wildman–Crippen LogP) is 3.05. The Bertz CT molecular complexity index is 1050. The summed E-state index contributed by atoms with van der Waals surface area (Å²) >= 11 is 0. The smallest absolute Gasteiger partial charge is 0.191 e. The van der Waals surface area contributed by atoms with Gasteiger partial charge in [-0.1, -0.05) is 18.2 Å². The standard InChI is InChI=1S/C24H31N7O2.HI/c1-25-24(26-13-17-5-4-6-19(9-17)23-27-16-28-30-23)29-20-7-8-31(15-20)14-18-10-21(32-2)12-22(11-18)33-3;/h4-6,9-12,16,20H,7-8,13-15H2,1-3H3,(H2,25,26,29)(H,27,28,30);1H. The zero-order valence-electron chi connectivity index (χ0n) is 19.7. The Labute approximate surface area is 217 Å². The second kappa shape index (κ2) is 12.6. The molecule has 0 aliphatic carbocycles. The van der Waals surface area contributed by atoms with Crippen molar-refractivity contribution < 1.29 is 9.47 Å². The molecule has 0 spiro atoms. The lowest BCUT2D eigenvalue weighted by atomic mass is 10.1. The number of nitrogens with zero attached hydrogens (tertiary/aromatic N) is 4. The molecule has 0 amide bonds. The molecule has 0 saturated carbocycles. The summed E-state index contributed by atoms with van der Waals surface area (Å²) in [5.41, 5.74) is 3.34. The first-order valence-corrected chi connectivity index (χ1v) is 11.0. The molecular weight excluding hydrogens is 545 g/mol. The summed E-state index contributed by atoms with van der Waals surface area (Å²) in [4.78, 5) is 11.1. The Morgan fingerprint density at radius 2 is 1.94 bits per heavy atom. The van der Waals surface area contributed by atoms with Gasteiger partial charge in [-0.3, -0.25) is 15.0 Å². The highest BCUT2D eigenvalue weighted by Gasteiger charge is 2.23. The van der Waals surface area contributed by atoms with Gasteiger partial charge in [0.25, 0.3) is 0 Å². The number of likely N-dealkylation sites (tertiary alicyclic amines) is 1. The fourth-order valence-electron chi connectivity index (χ4n) is 4.06. The largest absolute Gasteiger partial charge is 0.497 e. The number of halogens is 1. The first-order valence-electron chi connectivity index (χ1n) is 11.0. The fourth-order valence-corrected chi connectivity index (χ4v) is 4.06. The number of H-pyrrole nitrogens is 1. The van der Waals surface area contributed by atoms with Crippen LogP contribution in [0.3, 0.4) is 0 Å². The average Bonchev–Trinajstić information content (AvgIpc) is 3.54. The number of hydrogen-bond acceptors (Lipinski definition) is 6. The average molecular weight is 577 g/mol. The van der Waals surface area contributed by atoms with Crippen LogP contribution in [0.25, 0.3) is 11.4 Å². The lowest BCUT2D eigenvalue weighted by Gasteiger charge is -2.19. The molecule has 10 heteroatoms. The maximum atomic E-state index is 5.40. The molecule has 1 unspecified atom stereocenters. The van der Waals surface area contributed by atoms with Gasteiger partial charge in [-0.05, 0) is 35.7 Å². The van der Waals surface area contributed by atoms with Gasteiger partial charge in [0.15, 0.2) is 11.8 Å². The zero-order chi connectivity index (χ0) is 23.0. The highest BCUT2D eigenvalue weighted by Crippen LogP contribution is 2.24. The summed E-state index contributed by atoms with van der Waals surface area (Å²) in [7, 11) is 5.16. The lowest BCUT2D eigenvalue weighted by Crippen LogP contribution is -2.44. The Morgan fingerprint density at radius 1 is 1.15 bits per heavy atom. The van der Waals surface area contributed by atoms with Crippen LogP contribution < -0.4 is 20.1 Å². The molecule has 3 N–H and O–H groups in total. The minimum Gasteiger partial charge on any atom is -0.497 e. The van der Waals surface area contributed by atoms with E-state index in [4.69, 9.17) is 9.47 Å². The van der Waals surface area contributed by atoms with Crippen LogP contribution in [-0.4, -0.2) is 66.4 Å². The SMILES string of the molecule is CN=C(NCc1cccc(-c2ncn[nH]2)c1)NC1CCN(Cc2cc(OC)cc(OC)c2)C1.I. The number of aromatic amines is 1. The summed E-state index contributed by atoms with van der Waals surface area (Å²) < 4.78 is 10.8. The van der Waals surface area contributed by atoms with E-state index in [0.29, 0.717) is 12.6 Å². The molecule has 1 aromatic heterocycles. The van der Waals surface area contributed by atoms with Gasteiger partial charge < -0.3 is 20.1 Å². The second-order valence-electron chi connectivity index (χ2n) is 8.05. The molecule has 1 saturated heterocycles. The minimum atomic E-state index is 0. The molecule has 4 rings (SSSR count). The Balaban J connectivity index is 0.00000324. The number of methoxy groups -OCH3 is 2. The highest BCUT2D eigenvalue weighted by molar-refractivity contribution is 14.0. The highest BCUT2D eigenvalue weighted by atomic mass is 127. The van der Waals surface area contributed by atoms with Crippen molar-refractivity contribution in [1.29, 1.82) is 0 Å². The van der Waals surface area contributed by atoms with Gasteiger partial charge in [-0.15, -0.1) is 24.0 Å². The van der Waals surface area contributed by atoms with Crippen LogP contribution in [0.5, 0.6) is 11.5 Å². The third-order valence-electron chi connectivity index (χ3n) is 5.73. The van der Waals surface area contributed by atoms with Crippen LogP contribution in [0.4, 0.5) is 0 Å². The third kappa shape index (κ3) is 6.83. The molecule has 3 aromatic rings. The van der Waals surface area contributed by atoms with E-state index in [1.807, 2.05) is 18.2 Å². The molecular formula is C24H32IN7O2. The van der Waals surface area contributed by atoms with Crippen LogP contribution in [0.1, 0.15) is 17.5 Å². The van der Waals surface area contributed by atoms with Crippen molar-refractivity contribution in [2.45, 2.75) is 25.6 Å². The Hall–Kier alpha value is -2.86. The molecule has 9 nitrogen and oxygen atoms in total. The Kier molecular flexibility index (Phi) is 9.52. The normalized spacial score (nSPS) is 16.1. The molecule has 0 radical (unpaired) electrons. The molecule has 2 aromatic carbocycles. The van der Waals surface area contributed by atoms with Crippen molar-refractivity contribution in [3.05, 3.63) is 59.9 Å². The van der Waals surface area contributed by atoms with Crippen molar-refractivity contribution in [2.75, 3.05) is 34.4 Å². The van der Waals surface area contributed by atoms with Crippen molar-refractivity contribution in [3.63, 3.8) is 0 Å². The molecule has 0 bridgehead atoms.